The van der Waals surface area contributed by atoms with Crippen LogP contribution < -0.4 is 10.6 Å². The van der Waals surface area contributed by atoms with Gasteiger partial charge >= 0.3 is 5.97 Å². The third-order valence-corrected chi connectivity index (χ3v) is 6.53. The minimum atomic E-state index is -3.70. The lowest BCUT2D eigenvalue weighted by molar-refractivity contribution is -0.119. The smallest absolute Gasteiger partial charge is 0.340 e. The van der Waals surface area contributed by atoms with Crippen LogP contribution in [0.1, 0.15) is 10.4 Å². The molecule has 1 fully saturated rings. The molecule has 0 saturated carbocycles. The first kappa shape index (κ1) is 23.7. The Labute approximate surface area is 186 Å². The van der Waals surface area contributed by atoms with E-state index in [2.05, 4.69) is 10.6 Å². The molecular formula is C21H25N3O7S. The second kappa shape index (κ2) is 11.0. The van der Waals surface area contributed by atoms with Crippen molar-refractivity contribution in [2.75, 3.05) is 56.7 Å². The van der Waals surface area contributed by atoms with Crippen LogP contribution in [0.25, 0.3) is 0 Å². The zero-order chi connectivity index (χ0) is 23.0. The number of aliphatic hydroxyl groups is 1. The number of hydrogen-bond acceptors (Lipinski definition) is 8. The predicted molar refractivity (Wildman–Crippen MR) is 117 cm³/mol. The van der Waals surface area contributed by atoms with E-state index in [9.17, 15) is 18.0 Å². The Balaban J connectivity index is 1.60. The predicted octanol–water partition coefficient (Wildman–Crippen LogP) is 0.907. The van der Waals surface area contributed by atoms with Gasteiger partial charge in [0.25, 0.3) is 5.91 Å². The number of amides is 1. The van der Waals surface area contributed by atoms with Crippen LogP contribution >= 0.6 is 0 Å². The zero-order valence-corrected chi connectivity index (χ0v) is 18.1. The van der Waals surface area contributed by atoms with Gasteiger partial charge in [-0.2, -0.15) is 4.31 Å². The number of rotatable bonds is 9. The van der Waals surface area contributed by atoms with Gasteiger partial charge in [0.05, 0.1) is 30.3 Å². The molecule has 0 aromatic heterocycles. The number of esters is 1. The third-order valence-electron chi connectivity index (χ3n) is 4.63. The first-order valence-electron chi connectivity index (χ1n) is 10.0. The van der Waals surface area contributed by atoms with Gasteiger partial charge in [-0.05, 0) is 30.3 Å². The fourth-order valence-corrected chi connectivity index (χ4v) is 4.54. The summed E-state index contributed by atoms with van der Waals surface area (Å²) >= 11 is 0. The van der Waals surface area contributed by atoms with E-state index in [1.807, 2.05) is 0 Å². The van der Waals surface area contributed by atoms with E-state index in [-0.39, 0.29) is 42.4 Å². The summed E-state index contributed by atoms with van der Waals surface area (Å²) in [6.07, 6.45) is 0. The van der Waals surface area contributed by atoms with Crippen molar-refractivity contribution in [2.45, 2.75) is 4.90 Å². The quantitative estimate of drug-likeness (QED) is 0.467. The normalized spacial score (nSPS) is 14.5. The lowest BCUT2D eigenvalue weighted by Crippen LogP contribution is -2.40. The number of sulfonamides is 1. The number of hydrogen-bond donors (Lipinski definition) is 3. The third kappa shape index (κ3) is 6.04. The molecule has 10 nitrogen and oxygen atoms in total. The molecular weight excluding hydrogens is 438 g/mol. The Morgan fingerprint density at radius 2 is 1.84 bits per heavy atom. The van der Waals surface area contributed by atoms with Gasteiger partial charge in [-0.15, -0.1) is 0 Å². The lowest BCUT2D eigenvalue weighted by Gasteiger charge is -2.26. The molecule has 0 spiro atoms. The molecule has 1 heterocycles. The molecule has 172 valence electrons. The summed E-state index contributed by atoms with van der Waals surface area (Å²) in [5.74, 6) is -1.31. The number of benzene rings is 2. The molecule has 0 aliphatic carbocycles. The summed E-state index contributed by atoms with van der Waals surface area (Å²) in [4.78, 5) is 24.7. The molecule has 3 N–H and O–H groups in total. The maximum atomic E-state index is 12.8. The number of para-hydroxylation sites is 1. The summed E-state index contributed by atoms with van der Waals surface area (Å²) in [5, 5.41) is 14.4. The Bertz CT molecular complexity index is 1050. The molecule has 0 atom stereocenters. The number of anilines is 2. The monoisotopic (exact) mass is 463 g/mol. The van der Waals surface area contributed by atoms with Crippen LogP contribution in [0.15, 0.2) is 53.4 Å². The molecule has 11 heteroatoms. The second-order valence-corrected chi connectivity index (χ2v) is 8.80. The molecule has 1 aliphatic heterocycles. The molecule has 1 saturated heterocycles. The van der Waals surface area contributed by atoms with Crippen LogP contribution in [0.3, 0.4) is 0 Å². The van der Waals surface area contributed by atoms with Crippen molar-refractivity contribution in [3.05, 3.63) is 54.1 Å². The van der Waals surface area contributed by atoms with E-state index in [1.165, 1.54) is 22.5 Å². The van der Waals surface area contributed by atoms with Crippen LogP contribution in [0, 0.1) is 0 Å². The summed E-state index contributed by atoms with van der Waals surface area (Å²) in [6.45, 7) is 0.806. The van der Waals surface area contributed by atoms with Gasteiger partial charge in [0.15, 0.2) is 6.61 Å². The van der Waals surface area contributed by atoms with Crippen molar-refractivity contribution < 1.29 is 32.6 Å². The molecule has 2 aromatic rings. The van der Waals surface area contributed by atoms with Gasteiger partial charge in [0.1, 0.15) is 0 Å². The van der Waals surface area contributed by atoms with Gasteiger partial charge in [-0.3, -0.25) is 4.79 Å². The molecule has 0 bridgehead atoms. The van der Waals surface area contributed by atoms with E-state index in [4.69, 9.17) is 14.6 Å². The second-order valence-electron chi connectivity index (χ2n) is 6.86. The highest BCUT2D eigenvalue weighted by Crippen LogP contribution is 2.21. The van der Waals surface area contributed by atoms with Crippen LogP contribution in [-0.2, 0) is 24.3 Å². The maximum absolute atomic E-state index is 12.8. The number of aliphatic hydroxyl groups excluding tert-OH is 1. The molecule has 2 aromatic carbocycles. The van der Waals surface area contributed by atoms with Gasteiger partial charge in [0.2, 0.25) is 10.0 Å². The van der Waals surface area contributed by atoms with Gasteiger partial charge in [0, 0.05) is 31.0 Å². The number of morpholine rings is 1. The fourth-order valence-electron chi connectivity index (χ4n) is 3.08. The number of carbonyl (C=O) groups is 2. The van der Waals surface area contributed by atoms with Crippen molar-refractivity contribution in [1.82, 2.24) is 4.31 Å². The summed E-state index contributed by atoms with van der Waals surface area (Å²) in [6, 6.07) is 12.5. The molecule has 1 amide bonds. The number of carbonyl (C=O) groups excluding carboxylic acids is 2. The Hall–Kier alpha value is -2.99. The van der Waals surface area contributed by atoms with E-state index in [0.717, 1.165) is 0 Å². The van der Waals surface area contributed by atoms with Gasteiger partial charge < -0.3 is 25.2 Å². The van der Waals surface area contributed by atoms with Crippen LogP contribution in [0.2, 0.25) is 0 Å². The summed E-state index contributed by atoms with van der Waals surface area (Å²) in [7, 11) is -3.70. The van der Waals surface area contributed by atoms with Crippen molar-refractivity contribution in [2.24, 2.45) is 0 Å². The van der Waals surface area contributed by atoms with E-state index < -0.39 is 28.5 Å². The number of ether oxygens (including phenoxy) is 2. The minimum Gasteiger partial charge on any atom is -0.452 e. The summed E-state index contributed by atoms with van der Waals surface area (Å²) in [5.41, 5.74) is 0.978. The highest BCUT2D eigenvalue weighted by atomic mass is 32.2. The van der Waals surface area contributed by atoms with Gasteiger partial charge in [-0.25, -0.2) is 13.2 Å². The maximum Gasteiger partial charge on any atom is 0.340 e. The molecule has 32 heavy (non-hydrogen) atoms. The van der Waals surface area contributed by atoms with Crippen LogP contribution in [-0.4, -0.2) is 75.8 Å². The van der Waals surface area contributed by atoms with Crippen molar-refractivity contribution in [1.29, 1.82) is 0 Å². The number of nitrogens with one attached hydrogen (secondary N) is 2. The molecule has 1 aliphatic rings. The average Bonchev–Trinajstić information content (AvgIpc) is 2.82. The van der Waals surface area contributed by atoms with E-state index >= 15 is 0 Å². The van der Waals surface area contributed by atoms with Crippen molar-refractivity contribution in [3.63, 3.8) is 0 Å². The topological polar surface area (TPSA) is 134 Å². The van der Waals surface area contributed by atoms with E-state index in [1.54, 1.807) is 30.3 Å². The van der Waals surface area contributed by atoms with Crippen molar-refractivity contribution >= 4 is 33.3 Å². The Morgan fingerprint density at radius 3 is 2.59 bits per heavy atom. The van der Waals surface area contributed by atoms with Gasteiger partial charge in [-0.1, -0.05) is 18.2 Å². The zero-order valence-electron chi connectivity index (χ0n) is 17.3. The Morgan fingerprint density at radius 1 is 1.09 bits per heavy atom. The SMILES string of the molecule is O=C(COC(=O)c1ccccc1NCCO)Nc1cccc(S(=O)(=O)N2CCOCC2)c1. The Kier molecular flexibility index (Phi) is 8.17. The largest absolute Gasteiger partial charge is 0.452 e. The highest BCUT2D eigenvalue weighted by Gasteiger charge is 2.26. The summed E-state index contributed by atoms with van der Waals surface area (Å²) < 4.78 is 37.2. The molecule has 0 unspecified atom stereocenters. The highest BCUT2D eigenvalue weighted by molar-refractivity contribution is 7.89. The minimum absolute atomic E-state index is 0.0538. The fraction of sp³-hybridized carbons (Fsp3) is 0.333. The first-order chi connectivity index (χ1) is 15.4. The standard InChI is InChI=1S/C21H25N3O7S/c25-11-8-22-19-7-2-1-6-18(19)21(27)31-15-20(26)23-16-4-3-5-17(14-16)32(28,29)24-9-12-30-13-10-24/h1-7,14,22,25H,8-13,15H2,(H,23,26). The van der Waals surface area contributed by atoms with E-state index in [0.29, 0.717) is 18.9 Å². The van der Waals surface area contributed by atoms with Crippen molar-refractivity contribution in [3.8, 4) is 0 Å². The average molecular weight is 464 g/mol. The molecule has 3 rings (SSSR count). The molecule has 0 radical (unpaired) electrons. The van der Waals surface area contributed by atoms with Crippen LogP contribution in [0.5, 0.6) is 0 Å². The lowest BCUT2D eigenvalue weighted by atomic mass is 10.2. The first-order valence-corrected chi connectivity index (χ1v) is 11.4. The van der Waals surface area contributed by atoms with Crippen LogP contribution in [0.4, 0.5) is 11.4 Å². The number of nitrogens with zero attached hydrogens (tertiary/aromatic N) is 1.